The Morgan fingerprint density at radius 2 is 1.61 bits per heavy atom. The van der Waals surface area contributed by atoms with Gasteiger partial charge in [-0.3, -0.25) is 14.5 Å². The van der Waals surface area contributed by atoms with Gasteiger partial charge in [0, 0.05) is 31.9 Å². The molecule has 0 N–H and O–H groups in total. The molecule has 0 bridgehead atoms. The Bertz CT molecular complexity index is 996. The quantitative estimate of drug-likeness (QED) is 0.759. The number of hydrogen-bond acceptors (Lipinski definition) is 4. The zero-order valence-corrected chi connectivity index (χ0v) is 18.9. The average Bonchev–Trinajstić information content (AvgIpc) is 2.77. The predicted molar refractivity (Wildman–Crippen MR) is 123 cm³/mol. The van der Waals surface area contributed by atoms with E-state index in [2.05, 4.69) is 36.9 Å². The van der Waals surface area contributed by atoms with Crippen molar-refractivity contribution in [1.82, 2.24) is 4.90 Å². The highest BCUT2D eigenvalue weighted by atomic mass is 16.5. The van der Waals surface area contributed by atoms with Crippen molar-refractivity contribution in [3.05, 3.63) is 53.1 Å². The van der Waals surface area contributed by atoms with Crippen LogP contribution in [0.25, 0.3) is 0 Å². The Kier molecular flexibility index (Phi) is 5.90. The van der Waals surface area contributed by atoms with E-state index in [-0.39, 0.29) is 18.4 Å². The topological polar surface area (TPSA) is 53.1 Å². The third kappa shape index (κ3) is 4.24. The van der Waals surface area contributed by atoms with Crippen molar-refractivity contribution in [3.8, 4) is 5.75 Å². The number of benzene rings is 2. The molecule has 6 heteroatoms. The standard InChI is InChI=1S/C25H31N3O3/c1-5-22-25(30)28(21-15-18(3)7-9-23(21)31-22)16-24(29)27-12-10-26(11-13-27)20-14-17(2)6-8-19(20)4/h6-9,14-15,22H,5,10-13,16H2,1-4H3/t22-/m1/s1. The molecule has 2 aliphatic heterocycles. The summed E-state index contributed by atoms with van der Waals surface area (Å²) in [5.74, 6) is 0.519. The second-order valence-corrected chi connectivity index (χ2v) is 8.57. The molecule has 2 aliphatic rings. The molecule has 4 rings (SSSR count). The van der Waals surface area contributed by atoms with E-state index in [4.69, 9.17) is 4.74 Å². The molecule has 0 spiro atoms. The Labute approximate surface area is 184 Å². The highest BCUT2D eigenvalue weighted by Gasteiger charge is 2.35. The van der Waals surface area contributed by atoms with Gasteiger partial charge in [0.25, 0.3) is 5.91 Å². The monoisotopic (exact) mass is 421 g/mol. The predicted octanol–water partition coefficient (Wildman–Crippen LogP) is 3.46. The lowest BCUT2D eigenvalue weighted by atomic mass is 10.1. The van der Waals surface area contributed by atoms with E-state index >= 15 is 0 Å². The van der Waals surface area contributed by atoms with Gasteiger partial charge in [0.1, 0.15) is 12.3 Å². The molecule has 2 amide bonds. The minimum Gasteiger partial charge on any atom is -0.478 e. The summed E-state index contributed by atoms with van der Waals surface area (Å²) >= 11 is 0. The third-order valence-corrected chi connectivity index (χ3v) is 6.22. The molecule has 1 saturated heterocycles. The highest BCUT2D eigenvalue weighted by molar-refractivity contribution is 6.04. The van der Waals surface area contributed by atoms with Gasteiger partial charge in [0.05, 0.1) is 5.69 Å². The number of amides is 2. The smallest absolute Gasteiger partial charge is 0.268 e. The summed E-state index contributed by atoms with van der Waals surface area (Å²) in [6, 6.07) is 12.3. The first-order valence-corrected chi connectivity index (χ1v) is 11.1. The molecular weight excluding hydrogens is 390 g/mol. The molecule has 2 aromatic rings. The second kappa shape index (κ2) is 8.61. The number of piperazine rings is 1. The maximum atomic E-state index is 13.1. The number of carbonyl (C=O) groups excluding carboxylic acids is 2. The van der Waals surface area contributed by atoms with Gasteiger partial charge in [-0.25, -0.2) is 0 Å². The molecular formula is C25H31N3O3. The van der Waals surface area contributed by atoms with E-state index < -0.39 is 6.10 Å². The van der Waals surface area contributed by atoms with Crippen molar-refractivity contribution in [2.24, 2.45) is 0 Å². The minimum absolute atomic E-state index is 0.0156. The molecule has 1 atom stereocenters. The number of carbonyl (C=O) groups is 2. The molecule has 0 aliphatic carbocycles. The van der Waals surface area contributed by atoms with Crippen molar-refractivity contribution >= 4 is 23.2 Å². The fraction of sp³-hybridized carbons (Fsp3) is 0.440. The number of nitrogens with zero attached hydrogens (tertiary/aromatic N) is 3. The summed E-state index contributed by atoms with van der Waals surface area (Å²) in [6.45, 7) is 11.1. The highest BCUT2D eigenvalue weighted by Crippen LogP contribution is 2.35. The van der Waals surface area contributed by atoms with Gasteiger partial charge in [-0.1, -0.05) is 25.1 Å². The number of ether oxygens (including phenoxy) is 1. The van der Waals surface area contributed by atoms with Crippen LogP contribution in [0.15, 0.2) is 36.4 Å². The Morgan fingerprint density at radius 3 is 2.29 bits per heavy atom. The van der Waals surface area contributed by atoms with E-state index in [0.29, 0.717) is 30.9 Å². The Morgan fingerprint density at radius 1 is 0.968 bits per heavy atom. The lowest BCUT2D eigenvalue weighted by molar-refractivity contribution is -0.133. The minimum atomic E-state index is -0.538. The second-order valence-electron chi connectivity index (χ2n) is 8.57. The van der Waals surface area contributed by atoms with Crippen LogP contribution in [-0.4, -0.2) is 55.5 Å². The van der Waals surface area contributed by atoms with Crippen LogP contribution in [0, 0.1) is 20.8 Å². The third-order valence-electron chi connectivity index (χ3n) is 6.22. The van der Waals surface area contributed by atoms with Crippen molar-refractivity contribution < 1.29 is 14.3 Å². The van der Waals surface area contributed by atoms with Crippen LogP contribution in [0.3, 0.4) is 0 Å². The van der Waals surface area contributed by atoms with E-state index in [1.54, 1.807) is 4.90 Å². The average molecular weight is 422 g/mol. The largest absolute Gasteiger partial charge is 0.478 e. The first-order valence-electron chi connectivity index (χ1n) is 11.1. The van der Waals surface area contributed by atoms with Crippen LogP contribution in [0.2, 0.25) is 0 Å². The lowest BCUT2D eigenvalue weighted by Gasteiger charge is -2.39. The van der Waals surface area contributed by atoms with Crippen molar-refractivity contribution in [1.29, 1.82) is 0 Å². The van der Waals surface area contributed by atoms with Crippen LogP contribution in [0.5, 0.6) is 5.75 Å². The maximum Gasteiger partial charge on any atom is 0.268 e. The van der Waals surface area contributed by atoms with Gasteiger partial charge in [-0.2, -0.15) is 0 Å². The van der Waals surface area contributed by atoms with E-state index in [1.807, 2.05) is 36.9 Å². The van der Waals surface area contributed by atoms with Crippen molar-refractivity contribution in [2.75, 3.05) is 42.5 Å². The van der Waals surface area contributed by atoms with Crippen LogP contribution < -0.4 is 14.5 Å². The molecule has 31 heavy (non-hydrogen) atoms. The van der Waals surface area contributed by atoms with E-state index in [9.17, 15) is 9.59 Å². The fourth-order valence-electron chi connectivity index (χ4n) is 4.35. The molecule has 6 nitrogen and oxygen atoms in total. The number of rotatable bonds is 4. The van der Waals surface area contributed by atoms with Gasteiger partial charge in [-0.05, 0) is 62.1 Å². The summed E-state index contributed by atoms with van der Waals surface area (Å²) in [5.41, 5.74) is 5.46. The molecule has 164 valence electrons. The molecule has 0 saturated carbocycles. The van der Waals surface area contributed by atoms with Crippen molar-refractivity contribution in [3.63, 3.8) is 0 Å². The molecule has 0 aromatic heterocycles. The molecule has 2 aromatic carbocycles. The van der Waals surface area contributed by atoms with Gasteiger partial charge in [0.15, 0.2) is 6.10 Å². The first kappa shape index (κ1) is 21.2. The molecule has 0 radical (unpaired) electrons. The summed E-state index contributed by atoms with van der Waals surface area (Å²) < 4.78 is 5.87. The summed E-state index contributed by atoms with van der Waals surface area (Å²) in [4.78, 5) is 31.9. The zero-order chi connectivity index (χ0) is 22.1. The molecule has 2 heterocycles. The van der Waals surface area contributed by atoms with Crippen LogP contribution >= 0.6 is 0 Å². The number of hydrogen-bond donors (Lipinski definition) is 0. The Hall–Kier alpha value is -3.02. The maximum absolute atomic E-state index is 13.1. The van der Waals surface area contributed by atoms with Crippen molar-refractivity contribution in [2.45, 2.75) is 40.2 Å². The first-order chi connectivity index (χ1) is 14.9. The van der Waals surface area contributed by atoms with Gasteiger partial charge in [-0.15, -0.1) is 0 Å². The zero-order valence-electron chi connectivity index (χ0n) is 18.9. The van der Waals surface area contributed by atoms with E-state index in [1.165, 1.54) is 16.8 Å². The van der Waals surface area contributed by atoms with Gasteiger partial charge >= 0.3 is 0 Å². The normalized spacial score (nSPS) is 18.6. The summed E-state index contributed by atoms with van der Waals surface area (Å²) in [5, 5.41) is 0. The number of fused-ring (bicyclic) bond motifs is 1. The summed E-state index contributed by atoms with van der Waals surface area (Å²) in [6.07, 6.45) is 0.0369. The van der Waals surface area contributed by atoms with E-state index in [0.717, 1.165) is 18.7 Å². The molecule has 1 fully saturated rings. The SMILES string of the molecule is CC[C@H]1Oc2ccc(C)cc2N(CC(=O)N2CCN(c3cc(C)ccc3C)CC2)C1=O. The lowest BCUT2D eigenvalue weighted by Crippen LogP contribution is -2.54. The van der Waals surface area contributed by atoms with Gasteiger partial charge in [0.2, 0.25) is 5.91 Å². The molecule has 0 unspecified atom stereocenters. The number of aryl methyl sites for hydroxylation is 3. The Balaban J connectivity index is 1.46. The van der Waals surface area contributed by atoms with Crippen LogP contribution in [0.4, 0.5) is 11.4 Å². The fourth-order valence-corrected chi connectivity index (χ4v) is 4.35. The number of anilines is 2. The summed E-state index contributed by atoms with van der Waals surface area (Å²) in [7, 11) is 0. The van der Waals surface area contributed by atoms with Crippen LogP contribution in [0.1, 0.15) is 30.0 Å². The van der Waals surface area contributed by atoms with Gasteiger partial charge < -0.3 is 14.5 Å². The van der Waals surface area contributed by atoms with Crippen LogP contribution in [-0.2, 0) is 9.59 Å².